The van der Waals surface area contributed by atoms with Crippen molar-refractivity contribution in [1.29, 1.82) is 0 Å². The van der Waals surface area contributed by atoms with Crippen LogP contribution in [0.3, 0.4) is 0 Å². The van der Waals surface area contributed by atoms with Crippen molar-refractivity contribution in [2.75, 3.05) is 13.2 Å². The summed E-state index contributed by atoms with van der Waals surface area (Å²) in [6.07, 6.45) is 19.8. The van der Waals surface area contributed by atoms with Crippen LogP contribution < -0.4 is 25.6 Å². The average Bonchev–Trinajstić information content (AvgIpc) is 1.61. The molecule has 9 rings (SSSR count). The molecular weight excluding hydrogens is 1360 g/mol. The molecule has 111 heavy (non-hydrogen) atoms. The van der Waals surface area contributed by atoms with Crippen LogP contribution in [0.1, 0.15) is 140 Å². The van der Waals surface area contributed by atoms with E-state index in [9.17, 15) is 9.59 Å². The topological polar surface area (TPSA) is 108 Å². The van der Waals surface area contributed by atoms with Crippen LogP contribution in [0.2, 0.25) is 0 Å². The van der Waals surface area contributed by atoms with E-state index in [0.717, 1.165) is 80.6 Å². The van der Waals surface area contributed by atoms with E-state index in [2.05, 4.69) is 366 Å². The van der Waals surface area contributed by atoms with Crippen molar-refractivity contribution in [2.24, 2.45) is 5.92 Å². The lowest BCUT2D eigenvalue weighted by atomic mass is 9.98. The monoisotopic (exact) mass is 1510 g/mol. The molecular formula is C101H149N5O5. The third kappa shape index (κ3) is 28.1. The first kappa shape index (κ1) is 80.0. The molecule has 0 fully saturated rings. The van der Waals surface area contributed by atoms with E-state index in [-0.39, 0.29) is 81.2 Å². The van der Waals surface area contributed by atoms with Gasteiger partial charge in [-0.2, -0.15) is 0 Å². The number of carbonyl (C=O) groups is 2. The Labute approximate surface area is 717 Å². The first-order valence-electron chi connectivity index (χ1n) is 34.2. The zero-order chi connectivity index (χ0) is 78.1. The number of aromatic nitrogens is 2. The minimum Gasteiger partial charge on any atom is -0.459 e. The van der Waals surface area contributed by atoms with E-state index in [4.69, 9.17) is 27.1 Å². The maximum atomic E-state index is 13.5. The number of ether oxygens (including phenoxy) is 3. The van der Waals surface area contributed by atoms with Gasteiger partial charge in [0.25, 0.3) is 5.78 Å². The molecule has 0 bridgehead atoms. The van der Waals surface area contributed by atoms with Gasteiger partial charge in [-0.1, -0.05) is 93.6 Å². The molecule has 2 aromatic heterocycles. The largest absolute Gasteiger partial charge is 0.459 e. The van der Waals surface area contributed by atoms with E-state index in [1.807, 2.05) is 88.5 Å². The molecule has 1 aliphatic carbocycles. The third-order valence-corrected chi connectivity index (χ3v) is 15.1. The molecule has 0 saturated heterocycles. The predicted molar refractivity (Wildman–Crippen MR) is 532 cm³/mol. The SMILES string of the molecule is C#CC#CC#CC#CC#CC#CC#CC#CC#CC#CC#COc1cc(C)cc(Cn2ccc3cc(CNCC)ccc32)c1.C#CC#CC#CC#CC#CC#CC#CC#CC#CC#CC#COc1cc(C)cc(Cn2ccc3cc(CNN[C@@H](CC(C)C)C(=O)C(=O)OCC4c5ccccc5-c5ccccc54)ccc32)c1.[HH].[HH].[HH].[HH].[HH].[HH].[HH].[HH].[HH].[HH].[HH].[HH].[HH].[HH].[HH].[HH].[HH].[HH].[HH].[HH].[HH].[HH].[HH].[HH].[HH].[HH].[HH].[HH].[HH].[HH].[HH].[HH].[HH].[HH].[HH].[HH].[HH].[HH].[HH].[HH].[HH].[HH].[HH].[HH]. The summed E-state index contributed by atoms with van der Waals surface area (Å²) in [7, 11) is 0. The van der Waals surface area contributed by atoms with Crippen molar-refractivity contribution in [2.45, 2.75) is 79.2 Å². The minimum absolute atomic E-state index is 0. The molecule has 0 spiro atoms. The number of rotatable bonds is 19. The summed E-state index contributed by atoms with van der Waals surface area (Å²) in [5, 5.41) is 5.66. The number of hydrogen-bond donors (Lipinski definition) is 3. The number of nitrogens with zero attached hydrogens (tertiary/aromatic N) is 2. The summed E-state index contributed by atoms with van der Waals surface area (Å²) in [5.41, 5.74) is 19.6. The zero-order valence-corrected chi connectivity index (χ0v) is 61.1. The van der Waals surface area contributed by atoms with Gasteiger partial charge in [-0.3, -0.25) is 10.2 Å². The second-order valence-electron chi connectivity index (χ2n) is 23.6. The van der Waals surface area contributed by atoms with Crippen molar-refractivity contribution >= 4 is 33.6 Å². The van der Waals surface area contributed by atoms with Crippen molar-refractivity contribution in [1.82, 2.24) is 25.3 Å². The summed E-state index contributed by atoms with van der Waals surface area (Å²) in [5.74, 6) is 100. The highest BCUT2D eigenvalue weighted by Crippen LogP contribution is 2.44. The number of ketones is 1. The fourth-order valence-electron chi connectivity index (χ4n) is 10.8. The van der Waals surface area contributed by atoms with Crippen LogP contribution in [0, 0.1) is 282 Å². The molecule has 0 unspecified atom stereocenters. The van der Waals surface area contributed by atoms with Gasteiger partial charge in [-0.25, -0.2) is 10.2 Å². The summed E-state index contributed by atoms with van der Waals surface area (Å²) in [4.78, 5) is 26.6. The molecule has 1 aliphatic rings. The van der Waals surface area contributed by atoms with Gasteiger partial charge in [0.15, 0.2) is 0 Å². The van der Waals surface area contributed by atoms with Gasteiger partial charge in [0.1, 0.15) is 30.3 Å². The summed E-state index contributed by atoms with van der Waals surface area (Å²) in [6.45, 7) is 13.8. The molecule has 1 atom stereocenters. The lowest BCUT2D eigenvalue weighted by molar-refractivity contribution is -0.155. The van der Waals surface area contributed by atoms with Crippen LogP contribution in [-0.4, -0.2) is 40.1 Å². The van der Waals surface area contributed by atoms with E-state index in [0.29, 0.717) is 31.0 Å². The molecule has 0 amide bonds. The predicted octanol–water partition coefficient (Wildman–Crippen LogP) is 21.9. The van der Waals surface area contributed by atoms with Gasteiger partial charge >= 0.3 is 5.97 Å². The van der Waals surface area contributed by atoms with Crippen LogP contribution in [-0.2, 0) is 40.5 Å². The minimum atomic E-state index is -0.838. The molecule has 0 radical (unpaired) electrons. The van der Waals surface area contributed by atoms with Gasteiger partial charge in [0, 0.05) is 260 Å². The molecule has 6 aromatic carbocycles. The number of hydrogen-bond acceptors (Lipinski definition) is 8. The van der Waals surface area contributed by atoms with E-state index in [1.54, 1.807) is 0 Å². The van der Waals surface area contributed by atoms with Crippen LogP contribution in [0.25, 0.3) is 32.9 Å². The molecule has 3 N–H and O–H groups in total. The number of terminal acetylenes is 2. The zero-order valence-electron chi connectivity index (χ0n) is 61.1. The molecule has 10 heteroatoms. The summed E-state index contributed by atoms with van der Waals surface area (Å²) in [6, 6.07) is 44.5. The Morgan fingerprint density at radius 1 is 0.441 bits per heavy atom. The number of esters is 1. The van der Waals surface area contributed by atoms with Crippen molar-refractivity contribution in [3.05, 3.63) is 190 Å². The Balaban J connectivity index is -0.0000000416. The number of benzene rings is 6. The van der Waals surface area contributed by atoms with Crippen molar-refractivity contribution in [3.63, 3.8) is 0 Å². The molecule has 608 valence electrons. The van der Waals surface area contributed by atoms with E-state index < -0.39 is 17.8 Å². The maximum Gasteiger partial charge on any atom is 0.376 e. The van der Waals surface area contributed by atoms with Crippen molar-refractivity contribution < 1.29 is 86.6 Å². The average molecular weight is 1510 g/mol. The third-order valence-electron chi connectivity index (χ3n) is 15.1. The second-order valence-corrected chi connectivity index (χ2v) is 23.6. The van der Waals surface area contributed by atoms with Crippen LogP contribution >= 0.6 is 0 Å². The molecule has 2 heterocycles. The Kier molecular flexibility index (Phi) is 33.3. The quantitative estimate of drug-likeness (QED) is 0.0318. The Hall–Kier alpha value is -16.7. The lowest BCUT2D eigenvalue weighted by Crippen LogP contribution is -2.48. The van der Waals surface area contributed by atoms with Crippen molar-refractivity contribution in [3.8, 4) is 285 Å². The Bertz CT molecular complexity index is 6550. The molecule has 10 nitrogen and oxygen atoms in total. The number of aryl methyl sites for hydroxylation is 2. The fraction of sp³-hybridized carbons (Fsp3) is 0.149. The van der Waals surface area contributed by atoms with Gasteiger partial charge in [-0.15, -0.1) is 12.8 Å². The van der Waals surface area contributed by atoms with Gasteiger partial charge in [0.2, 0.25) is 0 Å². The second kappa shape index (κ2) is 46.1. The fourth-order valence-corrected chi connectivity index (χ4v) is 10.8. The number of nitrogens with one attached hydrogen (secondary N) is 3. The molecule has 0 saturated carbocycles. The number of fused-ring (bicyclic) bond motifs is 5. The first-order chi connectivity index (χ1) is 54.5. The summed E-state index contributed by atoms with van der Waals surface area (Å²) >= 11 is 0. The lowest BCUT2D eigenvalue weighted by Gasteiger charge is -2.20. The smallest absolute Gasteiger partial charge is 0.376 e. The van der Waals surface area contributed by atoms with Crippen LogP contribution in [0.4, 0.5) is 0 Å². The Morgan fingerprint density at radius 2 is 0.811 bits per heavy atom. The molecule has 0 aliphatic heterocycles. The first-order valence-corrected chi connectivity index (χ1v) is 34.2. The molecule has 8 aromatic rings. The normalized spacial score (nSPS) is 9.19. The number of carbonyl (C=O) groups excluding carboxylic acids is 2. The van der Waals surface area contributed by atoms with E-state index in [1.165, 1.54) is 16.5 Å². The number of hydrazine groups is 1. The van der Waals surface area contributed by atoms with Crippen LogP contribution in [0.5, 0.6) is 11.5 Å². The highest BCUT2D eigenvalue weighted by molar-refractivity contribution is 6.35. The standard InChI is InChI=1S/C60H39N3O4.C41H22N2O.44H2/c1-5-6-7-8-9-10-11-12-13-14-15-16-17-18-19-20-21-22-23-28-37-66-51-40-47(4)39-49(42-51)44-63-36-35-50-41-48(33-34-58(50)63)43-61-62-57(38-46(2)3)59(64)60(65)67-45-56-54-31-26-24-29-52(54)53-30-25-27-32-55(53)56;1-4-6-7-8-9-10-11-12-13-14-15-16-17-18-19-20-21-22-23-24-29-44-40-31-36(3)30-38(33-40)35-43-28-27-39-32-37(34-42-5-2)25-26-41(39)43;;;;;;;;;;;;;;;;;;;;;;;;;;;;;;;;;;;;;;;;;;;;/h1,24-27,29-36,39-42,46,56-57,61-62H,38,43-45H2,2-4H3;1,25-28,30-33,42H,5,34-35H2,2-3H3;44*1H/t57-;;;;;;;;;;;;;;;;;;;;;;;;;;;;;;;;;;;;;;;;;;;;;/m0............................................./s1. The number of Topliss-reactive ketones (excluding diaryl/α,β-unsaturated/α-hetero) is 1. The van der Waals surface area contributed by atoms with Gasteiger partial charge in [0.05, 0.1) is 6.04 Å². The highest BCUT2D eigenvalue weighted by atomic mass is 16.5. The summed E-state index contributed by atoms with van der Waals surface area (Å²) < 4.78 is 21.4. The van der Waals surface area contributed by atoms with Gasteiger partial charge < -0.3 is 28.7 Å². The highest BCUT2D eigenvalue weighted by Gasteiger charge is 2.32. The maximum absolute atomic E-state index is 13.5. The van der Waals surface area contributed by atoms with Gasteiger partial charge in [-0.05, 0) is 255 Å². The van der Waals surface area contributed by atoms with E-state index >= 15 is 0 Å². The Morgan fingerprint density at radius 3 is 1.19 bits per heavy atom. The van der Waals surface area contributed by atoms with Crippen LogP contribution in [0.15, 0.2) is 146 Å².